The third-order valence-electron chi connectivity index (χ3n) is 5.10. The Hall–Kier alpha value is -2.49. The third-order valence-corrected chi connectivity index (χ3v) is 5.10. The molecule has 0 unspecified atom stereocenters. The summed E-state index contributed by atoms with van der Waals surface area (Å²) < 4.78 is 5.18. The quantitative estimate of drug-likeness (QED) is 0.416. The molecule has 3 heterocycles. The van der Waals surface area contributed by atoms with E-state index in [4.69, 9.17) is 4.74 Å². The van der Waals surface area contributed by atoms with Crippen LogP contribution >= 0.6 is 0 Å². The van der Waals surface area contributed by atoms with Crippen LogP contribution in [0.3, 0.4) is 0 Å². The second-order valence-electron chi connectivity index (χ2n) is 6.77. The zero-order chi connectivity index (χ0) is 19.4. The zero-order valence-corrected chi connectivity index (χ0v) is 15.2. The molecule has 3 saturated heterocycles. The minimum absolute atomic E-state index is 0.0815. The van der Waals surface area contributed by atoms with Gasteiger partial charge in [-0.05, 0) is 0 Å². The number of rotatable bonds is 3. The maximum Gasteiger partial charge on any atom is 0.312 e. The summed E-state index contributed by atoms with van der Waals surface area (Å²) in [4.78, 5) is 65.8. The second-order valence-corrected chi connectivity index (χ2v) is 6.77. The van der Waals surface area contributed by atoms with Crippen LogP contribution in [0.4, 0.5) is 0 Å². The number of imide groups is 1. The molecule has 0 radical (unpaired) electrons. The highest BCUT2D eigenvalue weighted by molar-refractivity contribution is 6.34. The SMILES string of the molecule is O=C(CCN1C(=O)CCC1=O)N1CCN(C(=O)C(=O)N2CCOCC2)CC1. The molecule has 3 fully saturated rings. The van der Waals surface area contributed by atoms with E-state index in [0.29, 0.717) is 52.5 Å². The van der Waals surface area contributed by atoms with Crippen molar-refractivity contribution in [3.63, 3.8) is 0 Å². The molecule has 0 saturated carbocycles. The van der Waals surface area contributed by atoms with Crippen molar-refractivity contribution in [2.45, 2.75) is 19.3 Å². The zero-order valence-electron chi connectivity index (χ0n) is 15.2. The Bertz CT molecular complexity index is 621. The summed E-state index contributed by atoms with van der Waals surface area (Å²) in [6.45, 7) is 3.06. The van der Waals surface area contributed by atoms with Crippen LogP contribution in [0.1, 0.15) is 19.3 Å². The summed E-state index contributed by atoms with van der Waals surface area (Å²) in [5, 5.41) is 0. The Labute approximate surface area is 157 Å². The average Bonchev–Trinajstić information content (AvgIpc) is 3.03. The highest BCUT2D eigenvalue weighted by Crippen LogP contribution is 2.13. The molecule has 5 amide bonds. The predicted molar refractivity (Wildman–Crippen MR) is 91.1 cm³/mol. The molecule has 3 aliphatic rings. The first-order chi connectivity index (χ1) is 13.0. The van der Waals surface area contributed by atoms with E-state index in [0.717, 1.165) is 4.90 Å². The van der Waals surface area contributed by atoms with Crippen molar-refractivity contribution in [3.05, 3.63) is 0 Å². The molecule has 0 bridgehead atoms. The number of ether oxygens (including phenoxy) is 1. The van der Waals surface area contributed by atoms with Gasteiger partial charge in [0.15, 0.2) is 0 Å². The normalized spacial score (nSPS) is 21.0. The van der Waals surface area contributed by atoms with E-state index in [-0.39, 0.29) is 43.5 Å². The summed E-state index contributed by atoms with van der Waals surface area (Å²) in [6.07, 6.45) is 0.508. The molecule has 0 aromatic rings. The molecule has 3 rings (SSSR count). The van der Waals surface area contributed by atoms with Crippen LogP contribution in [0.5, 0.6) is 0 Å². The highest BCUT2D eigenvalue weighted by Gasteiger charge is 2.32. The lowest BCUT2D eigenvalue weighted by atomic mass is 10.2. The van der Waals surface area contributed by atoms with Gasteiger partial charge in [0.25, 0.3) is 0 Å². The molecule has 0 aliphatic carbocycles. The number of carbonyl (C=O) groups excluding carboxylic acids is 5. The lowest BCUT2D eigenvalue weighted by Gasteiger charge is -2.36. The standard InChI is InChI=1S/C17H24N4O6/c22-13(3-4-21-14(23)1-2-15(21)24)18-5-7-19(8-6-18)16(25)17(26)20-9-11-27-12-10-20/h1-12H2. The van der Waals surface area contributed by atoms with E-state index in [1.807, 2.05) is 0 Å². The van der Waals surface area contributed by atoms with Gasteiger partial charge in [-0.1, -0.05) is 0 Å². The largest absolute Gasteiger partial charge is 0.378 e. The lowest BCUT2D eigenvalue weighted by Crippen LogP contribution is -2.55. The number of likely N-dealkylation sites (tertiary alicyclic amines) is 1. The van der Waals surface area contributed by atoms with Crippen LogP contribution in [0.15, 0.2) is 0 Å². The fourth-order valence-corrected chi connectivity index (χ4v) is 3.43. The van der Waals surface area contributed by atoms with E-state index < -0.39 is 11.8 Å². The monoisotopic (exact) mass is 380 g/mol. The van der Waals surface area contributed by atoms with Crippen LogP contribution < -0.4 is 0 Å². The first-order valence-electron chi connectivity index (χ1n) is 9.24. The van der Waals surface area contributed by atoms with E-state index in [1.165, 1.54) is 9.80 Å². The molecule has 10 nitrogen and oxygen atoms in total. The first kappa shape index (κ1) is 19.3. The number of hydrogen-bond donors (Lipinski definition) is 0. The molecular weight excluding hydrogens is 356 g/mol. The van der Waals surface area contributed by atoms with E-state index in [2.05, 4.69) is 0 Å². The predicted octanol–water partition coefficient (Wildman–Crippen LogP) is -1.94. The Morgan fingerprint density at radius 3 is 1.78 bits per heavy atom. The smallest absolute Gasteiger partial charge is 0.312 e. The molecule has 3 aliphatic heterocycles. The fourth-order valence-electron chi connectivity index (χ4n) is 3.43. The fraction of sp³-hybridized carbons (Fsp3) is 0.706. The second kappa shape index (κ2) is 8.47. The lowest BCUT2D eigenvalue weighted by molar-refractivity contribution is -0.155. The molecule has 0 N–H and O–H groups in total. The summed E-state index contributed by atoms with van der Waals surface area (Å²) in [5.41, 5.74) is 0. The Morgan fingerprint density at radius 1 is 0.741 bits per heavy atom. The summed E-state index contributed by atoms with van der Waals surface area (Å²) in [5.74, 6) is -1.69. The van der Waals surface area contributed by atoms with Crippen molar-refractivity contribution in [1.82, 2.24) is 19.6 Å². The van der Waals surface area contributed by atoms with Crippen LogP contribution in [-0.2, 0) is 28.7 Å². The molecule has 0 atom stereocenters. The van der Waals surface area contributed by atoms with E-state index in [9.17, 15) is 24.0 Å². The van der Waals surface area contributed by atoms with Gasteiger partial charge >= 0.3 is 11.8 Å². The van der Waals surface area contributed by atoms with Crippen molar-refractivity contribution in [3.8, 4) is 0 Å². The summed E-state index contributed by atoms with van der Waals surface area (Å²) >= 11 is 0. The summed E-state index contributed by atoms with van der Waals surface area (Å²) in [7, 11) is 0. The van der Waals surface area contributed by atoms with Gasteiger partial charge in [-0.2, -0.15) is 0 Å². The van der Waals surface area contributed by atoms with Crippen LogP contribution in [0.25, 0.3) is 0 Å². The maximum absolute atomic E-state index is 12.4. The molecular formula is C17H24N4O6. The molecule has 148 valence electrons. The first-order valence-corrected chi connectivity index (χ1v) is 9.24. The minimum atomic E-state index is -0.544. The summed E-state index contributed by atoms with van der Waals surface area (Å²) in [6, 6.07) is 0. The van der Waals surface area contributed by atoms with E-state index in [1.54, 1.807) is 4.90 Å². The Morgan fingerprint density at radius 2 is 1.22 bits per heavy atom. The Kier molecular flexibility index (Phi) is 6.04. The molecule has 0 spiro atoms. The van der Waals surface area contributed by atoms with Gasteiger partial charge in [-0.15, -0.1) is 0 Å². The van der Waals surface area contributed by atoms with Crippen molar-refractivity contribution in [2.75, 3.05) is 59.0 Å². The minimum Gasteiger partial charge on any atom is -0.378 e. The van der Waals surface area contributed by atoms with Crippen molar-refractivity contribution >= 4 is 29.5 Å². The third kappa shape index (κ3) is 4.44. The topological polar surface area (TPSA) is 108 Å². The molecule has 27 heavy (non-hydrogen) atoms. The maximum atomic E-state index is 12.4. The van der Waals surface area contributed by atoms with Crippen LogP contribution in [0.2, 0.25) is 0 Å². The van der Waals surface area contributed by atoms with Crippen molar-refractivity contribution in [2.24, 2.45) is 0 Å². The molecule has 0 aromatic heterocycles. The number of amides is 5. The van der Waals surface area contributed by atoms with Gasteiger partial charge in [0.1, 0.15) is 0 Å². The number of nitrogens with zero attached hydrogens (tertiary/aromatic N) is 4. The van der Waals surface area contributed by atoms with Gasteiger partial charge in [0.05, 0.1) is 13.2 Å². The van der Waals surface area contributed by atoms with Gasteiger partial charge in [0, 0.05) is 65.1 Å². The van der Waals surface area contributed by atoms with E-state index >= 15 is 0 Å². The van der Waals surface area contributed by atoms with Crippen molar-refractivity contribution < 1.29 is 28.7 Å². The molecule has 10 heteroatoms. The number of morpholine rings is 1. The number of hydrogen-bond acceptors (Lipinski definition) is 6. The Balaban J connectivity index is 1.43. The highest BCUT2D eigenvalue weighted by atomic mass is 16.5. The van der Waals surface area contributed by atoms with Gasteiger partial charge in [0.2, 0.25) is 17.7 Å². The molecule has 0 aromatic carbocycles. The van der Waals surface area contributed by atoms with Gasteiger partial charge < -0.3 is 19.4 Å². The van der Waals surface area contributed by atoms with Gasteiger partial charge in [-0.25, -0.2) is 0 Å². The number of carbonyl (C=O) groups is 5. The van der Waals surface area contributed by atoms with Crippen LogP contribution in [-0.4, -0.2) is 108 Å². The number of piperazine rings is 1. The van der Waals surface area contributed by atoms with Crippen molar-refractivity contribution in [1.29, 1.82) is 0 Å². The average molecular weight is 380 g/mol. The van der Waals surface area contributed by atoms with Gasteiger partial charge in [-0.3, -0.25) is 28.9 Å². The van der Waals surface area contributed by atoms with Crippen LogP contribution in [0, 0.1) is 0 Å².